The maximum atomic E-state index is 13.0. The van der Waals surface area contributed by atoms with Gasteiger partial charge in [-0.05, 0) is 24.3 Å². The first kappa shape index (κ1) is 21.6. The summed E-state index contributed by atoms with van der Waals surface area (Å²) in [6.07, 6.45) is -9.99. The average Bonchev–Trinajstić information content (AvgIpc) is 3.10. The summed E-state index contributed by atoms with van der Waals surface area (Å²) in [5.41, 5.74) is -2.96. The van der Waals surface area contributed by atoms with Gasteiger partial charge in [-0.1, -0.05) is 29.8 Å². The van der Waals surface area contributed by atoms with Crippen LogP contribution in [0.25, 0.3) is 0 Å². The smallest absolute Gasteiger partial charge is 0.308 e. The molecule has 0 aromatic heterocycles. The van der Waals surface area contributed by atoms with Crippen LogP contribution in [0.15, 0.2) is 42.5 Å². The number of hydrogen-bond acceptors (Lipinski definition) is 2. The predicted molar refractivity (Wildman–Crippen MR) is 98.8 cm³/mol. The molecular formula is C18H13ClF6N2OS. The van der Waals surface area contributed by atoms with Gasteiger partial charge >= 0.3 is 18.4 Å². The zero-order valence-corrected chi connectivity index (χ0v) is 16.0. The number of nitrogens with one attached hydrogen (secondary N) is 1. The van der Waals surface area contributed by atoms with Crippen LogP contribution in [0.1, 0.15) is 22.1 Å². The van der Waals surface area contributed by atoms with Crippen molar-refractivity contribution in [2.24, 2.45) is 0 Å². The molecular weight excluding hydrogens is 442 g/mol. The monoisotopic (exact) mass is 454 g/mol. The van der Waals surface area contributed by atoms with Crippen LogP contribution in [0.2, 0.25) is 5.02 Å². The van der Waals surface area contributed by atoms with Gasteiger partial charge in [0.25, 0.3) is 0 Å². The molecule has 2 aromatic carbocycles. The van der Waals surface area contributed by atoms with Gasteiger partial charge in [0.15, 0.2) is 0 Å². The van der Waals surface area contributed by atoms with E-state index in [1.54, 1.807) is 24.3 Å². The average molecular weight is 455 g/mol. The highest BCUT2D eigenvalue weighted by molar-refractivity contribution is 7.99. The summed E-state index contributed by atoms with van der Waals surface area (Å²) in [6.45, 7) is 0.261. The van der Waals surface area contributed by atoms with Crippen molar-refractivity contribution in [3.63, 3.8) is 0 Å². The number of carbonyl (C=O) groups excluding carboxylic acids is 1. The largest absolute Gasteiger partial charge is 0.416 e. The van der Waals surface area contributed by atoms with E-state index in [-0.39, 0.29) is 12.6 Å². The first-order chi connectivity index (χ1) is 13.5. The van der Waals surface area contributed by atoms with E-state index in [0.717, 1.165) is 0 Å². The fourth-order valence-corrected chi connectivity index (χ4v) is 4.43. The van der Waals surface area contributed by atoms with Crippen LogP contribution >= 0.6 is 23.4 Å². The Bertz CT molecular complexity index is 886. The van der Waals surface area contributed by atoms with Gasteiger partial charge in [-0.2, -0.15) is 26.3 Å². The summed E-state index contributed by atoms with van der Waals surface area (Å²) in [7, 11) is 0. The second-order valence-electron chi connectivity index (χ2n) is 6.16. The molecule has 1 atom stereocenters. The van der Waals surface area contributed by atoms with Crippen molar-refractivity contribution in [2.45, 2.75) is 17.7 Å². The zero-order chi connectivity index (χ0) is 21.4. The Balaban J connectivity index is 1.89. The fourth-order valence-electron chi connectivity index (χ4n) is 2.83. The third-order valence-corrected chi connectivity index (χ3v) is 5.75. The summed E-state index contributed by atoms with van der Waals surface area (Å²) in [4.78, 5) is 13.9. The lowest BCUT2D eigenvalue weighted by atomic mass is 10.1. The molecule has 0 saturated carbocycles. The molecule has 1 saturated heterocycles. The normalized spacial score (nSPS) is 17.5. The molecule has 1 N–H and O–H groups in total. The van der Waals surface area contributed by atoms with Crippen LogP contribution < -0.4 is 5.32 Å². The van der Waals surface area contributed by atoms with Crippen LogP contribution in [0.4, 0.5) is 36.8 Å². The molecule has 2 amide bonds. The van der Waals surface area contributed by atoms with E-state index >= 15 is 0 Å². The molecule has 1 aliphatic rings. The first-order valence-corrected chi connectivity index (χ1v) is 9.62. The Kier molecular flexibility index (Phi) is 5.96. The molecule has 29 heavy (non-hydrogen) atoms. The number of urea groups is 1. The number of nitrogens with zero attached hydrogens (tertiary/aromatic N) is 1. The minimum absolute atomic E-state index is 0.00785. The molecule has 1 aliphatic heterocycles. The Morgan fingerprint density at radius 1 is 1.03 bits per heavy atom. The van der Waals surface area contributed by atoms with E-state index in [9.17, 15) is 31.1 Å². The lowest BCUT2D eigenvalue weighted by molar-refractivity contribution is -0.143. The third-order valence-electron chi connectivity index (χ3n) is 4.16. The Morgan fingerprint density at radius 2 is 1.62 bits per heavy atom. The van der Waals surface area contributed by atoms with Crippen molar-refractivity contribution in [1.82, 2.24) is 4.90 Å². The topological polar surface area (TPSA) is 32.3 Å². The number of hydrogen-bond donors (Lipinski definition) is 1. The number of amides is 2. The lowest BCUT2D eigenvalue weighted by Crippen LogP contribution is -2.34. The highest BCUT2D eigenvalue weighted by Gasteiger charge is 2.38. The number of anilines is 1. The molecule has 0 aliphatic carbocycles. The Hall–Kier alpha value is -2.07. The van der Waals surface area contributed by atoms with E-state index in [4.69, 9.17) is 11.6 Å². The molecule has 1 fully saturated rings. The van der Waals surface area contributed by atoms with Crippen LogP contribution in [-0.4, -0.2) is 23.2 Å². The predicted octanol–water partition coefficient (Wildman–Crippen LogP) is 6.66. The summed E-state index contributed by atoms with van der Waals surface area (Å²) in [6, 6.07) is 6.91. The van der Waals surface area contributed by atoms with Crippen molar-refractivity contribution < 1.29 is 31.1 Å². The molecule has 1 unspecified atom stereocenters. The van der Waals surface area contributed by atoms with Crippen LogP contribution in [0, 0.1) is 0 Å². The molecule has 3 rings (SSSR count). The van der Waals surface area contributed by atoms with E-state index in [1.165, 1.54) is 16.7 Å². The van der Waals surface area contributed by atoms with E-state index < -0.39 is 40.6 Å². The number of halogens is 7. The Labute approximate surface area is 171 Å². The van der Waals surface area contributed by atoms with Crippen LogP contribution in [-0.2, 0) is 12.4 Å². The van der Waals surface area contributed by atoms with Gasteiger partial charge in [-0.3, -0.25) is 0 Å². The maximum absolute atomic E-state index is 13.0. The summed E-state index contributed by atoms with van der Waals surface area (Å²) < 4.78 is 78.0. The van der Waals surface area contributed by atoms with Crippen molar-refractivity contribution in [1.29, 1.82) is 0 Å². The fraction of sp³-hybridized carbons (Fsp3) is 0.278. The minimum Gasteiger partial charge on any atom is -0.308 e. The highest BCUT2D eigenvalue weighted by atomic mass is 35.5. The molecule has 3 nitrogen and oxygen atoms in total. The SMILES string of the molecule is O=C(Nc1cc(C(F)(F)F)cc(C(F)(F)F)c1)N1CCSC1c1ccccc1Cl. The van der Waals surface area contributed by atoms with Gasteiger partial charge < -0.3 is 10.2 Å². The summed E-state index contributed by atoms with van der Waals surface area (Å²) in [5, 5.41) is 2.06. The first-order valence-electron chi connectivity index (χ1n) is 8.20. The van der Waals surface area contributed by atoms with Gasteiger partial charge in [0.2, 0.25) is 0 Å². The molecule has 156 valence electrons. The van der Waals surface area contributed by atoms with Gasteiger partial charge in [0.05, 0.1) is 11.1 Å². The second-order valence-corrected chi connectivity index (χ2v) is 7.76. The molecule has 0 radical (unpaired) electrons. The van der Waals surface area contributed by atoms with Gasteiger partial charge in [0, 0.05) is 28.6 Å². The van der Waals surface area contributed by atoms with Crippen LogP contribution in [0.5, 0.6) is 0 Å². The highest BCUT2D eigenvalue weighted by Crippen LogP contribution is 2.42. The van der Waals surface area contributed by atoms with Crippen molar-refractivity contribution in [3.05, 3.63) is 64.2 Å². The molecule has 2 aromatic rings. The molecule has 1 heterocycles. The number of benzene rings is 2. The lowest BCUT2D eigenvalue weighted by Gasteiger charge is -2.25. The number of carbonyl (C=O) groups is 1. The van der Waals surface area contributed by atoms with Gasteiger partial charge in [-0.25, -0.2) is 4.79 Å². The summed E-state index contributed by atoms with van der Waals surface area (Å²) in [5.74, 6) is 0.541. The van der Waals surface area contributed by atoms with Crippen molar-refractivity contribution >= 4 is 35.1 Å². The molecule has 11 heteroatoms. The third kappa shape index (κ3) is 4.92. The molecule has 0 spiro atoms. The Morgan fingerprint density at radius 3 is 2.17 bits per heavy atom. The van der Waals surface area contributed by atoms with Gasteiger partial charge in [-0.15, -0.1) is 11.8 Å². The summed E-state index contributed by atoms with van der Waals surface area (Å²) >= 11 is 7.55. The maximum Gasteiger partial charge on any atom is 0.416 e. The van der Waals surface area contributed by atoms with Crippen molar-refractivity contribution in [2.75, 3.05) is 17.6 Å². The van der Waals surface area contributed by atoms with E-state index in [0.29, 0.717) is 28.5 Å². The quantitative estimate of drug-likeness (QED) is 0.515. The number of alkyl halides is 6. The van der Waals surface area contributed by atoms with Crippen LogP contribution in [0.3, 0.4) is 0 Å². The van der Waals surface area contributed by atoms with Crippen molar-refractivity contribution in [3.8, 4) is 0 Å². The standard InChI is InChI=1S/C18H13ClF6N2OS/c19-14-4-2-1-3-13(14)15-27(5-6-29-15)16(28)26-12-8-10(17(20,21)22)7-11(9-12)18(23,24)25/h1-4,7-9,15H,5-6H2,(H,26,28). The molecule has 0 bridgehead atoms. The van der Waals surface area contributed by atoms with E-state index in [2.05, 4.69) is 5.32 Å². The number of rotatable bonds is 2. The second kappa shape index (κ2) is 7.98. The zero-order valence-electron chi connectivity index (χ0n) is 14.4. The van der Waals surface area contributed by atoms with Gasteiger partial charge in [0.1, 0.15) is 5.37 Å². The number of thioether (sulfide) groups is 1. The van der Waals surface area contributed by atoms with E-state index in [1.807, 2.05) is 0 Å². The minimum atomic E-state index is -5.00.